The zero-order valence-electron chi connectivity index (χ0n) is 11.6. The molecule has 2 unspecified atom stereocenters. The van der Waals surface area contributed by atoms with Gasteiger partial charge in [-0.25, -0.2) is 0 Å². The first-order valence-electron chi connectivity index (χ1n) is 6.62. The maximum absolute atomic E-state index is 5.49. The van der Waals surface area contributed by atoms with Crippen LogP contribution in [0.1, 0.15) is 47.5 Å². The van der Waals surface area contributed by atoms with Crippen LogP contribution in [0.4, 0.5) is 0 Å². The summed E-state index contributed by atoms with van der Waals surface area (Å²) in [5.41, 5.74) is 0. The van der Waals surface area contributed by atoms with Gasteiger partial charge in [0.15, 0.2) is 6.29 Å². The second-order valence-corrected chi connectivity index (χ2v) is 4.26. The summed E-state index contributed by atoms with van der Waals surface area (Å²) >= 11 is 0. The van der Waals surface area contributed by atoms with Crippen LogP contribution in [0.15, 0.2) is 0 Å². The Kier molecular flexibility index (Phi) is 9.99. The summed E-state index contributed by atoms with van der Waals surface area (Å²) in [6.45, 7) is 13.1. The Morgan fingerprint density at radius 3 is 2.00 bits per heavy atom. The van der Waals surface area contributed by atoms with Gasteiger partial charge in [-0.15, -0.1) is 0 Å². The SMILES string of the molecule is CCOC(CCNC(C)C(C)CC)OCC. The zero-order chi connectivity index (χ0) is 12.4. The third-order valence-corrected chi connectivity index (χ3v) is 3.05. The van der Waals surface area contributed by atoms with Crippen molar-refractivity contribution in [1.82, 2.24) is 5.32 Å². The molecule has 98 valence electrons. The molecule has 0 saturated carbocycles. The predicted octanol–water partition coefficient (Wildman–Crippen LogP) is 2.80. The predicted molar refractivity (Wildman–Crippen MR) is 68.6 cm³/mol. The Bertz CT molecular complexity index is 147. The molecule has 0 rings (SSSR count). The van der Waals surface area contributed by atoms with E-state index in [0.29, 0.717) is 19.3 Å². The van der Waals surface area contributed by atoms with Gasteiger partial charge in [0.2, 0.25) is 0 Å². The highest BCUT2D eigenvalue weighted by atomic mass is 16.7. The highest BCUT2D eigenvalue weighted by Crippen LogP contribution is 2.07. The lowest BCUT2D eigenvalue weighted by Crippen LogP contribution is -2.34. The van der Waals surface area contributed by atoms with E-state index in [1.807, 2.05) is 13.8 Å². The molecular formula is C13H29NO2. The second kappa shape index (κ2) is 10.1. The fraction of sp³-hybridized carbons (Fsp3) is 1.00. The summed E-state index contributed by atoms with van der Waals surface area (Å²) in [6, 6.07) is 0.564. The van der Waals surface area contributed by atoms with Gasteiger partial charge in [-0.2, -0.15) is 0 Å². The summed E-state index contributed by atoms with van der Waals surface area (Å²) in [5.74, 6) is 0.720. The highest BCUT2D eigenvalue weighted by molar-refractivity contribution is 4.67. The van der Waals surface area contributed by atoms with Gasteiger partial charge in [0.25, 0.3) is 0 Å². The van der Waals surface area contributed by atoms with Crippen molar-refractivity contribution >= 4 is 0 Å². The van der Waals surface area contributed by atoms with Crippen molar-refractivity contribution in [2.45, 2.75) is 59.8 Å². The standard InChI is InChI=1S/C13H29NO2/c1-6-11(4)12(5)14-10-9-13(15-7-2)16-8-3/h11-14H,6-10H2,1-5H3. The summed E-state index contributed by atoms with van der Waals surface area (Å²) in [5, 5.41) is 3.52. The van der Waals surface area contributed by atoms with E-state index in [-0.39, 0.29) is 6.29 Å². The quantitative estimate of drug-likeness (QED) is 0.586. The Morgan fingerprint density at radius 2 is 1.56 bits per heavy atom. The van der Waals surface area contributed by atoms with Gasteiger partial charge in [0.1, 0.15) is 0 Å². The number of hydrogen-bond acceptors (Lipinski definition) is 3. The third kappa shape index (κ3) is 7.20. The van der Waals surface area contributed by atoms with E-state index in [2.05, 4.69) is 26.1 Å². The Balaban J connectivity index is 3.67. The number of hydrogen-bond donors (Lipinski definition) is 1. The summed E-state index contributed by atoms with van der Waals surface area (Å²) in [6.07, 6.45) is 2.09. The molecule has 3 heteroatoms. The average Bonchev–Trinajstić information content (AvgIpc) is 2.28. The number of nitrogens with one attached hydrogen (secondary N) is 1. The fourth-order valence-electron chi connectivity index (χ4n) is 1.57. The molecule has 0 aromatic rings. The molecule has 0 aromatic carbocycles. The molecule has 0 radical (unpaired) electrons. The molecule has 0 saturated heterocycles. The molecule has 0 bridgehead atoms. The fourth-order valence-corrected chi connectivity index (χ4v) is 1.57. The lowest BCUT2D eigenvalue weighted by molar-refractivity contribution is -0.138. The Morgan fingerprint density at radius 1 is 1.00 bits per heavy atom. The molecule has 0 amide bonds. The summed E-state index contributed by atoms with van der Waals surface area (Å²) < 4.78 is 11.0. The van der Waals surface area contributed by atoms with Crippen LogP contribution in [-0.4, -0.2) is 32.1 Å². The monoisotopic (exact) mass is 231 g/mol. The van der Waals surface area contributed by atoms with E-state index in [1.165, 1.54) is 6.42 Å². The molecule has 16 heavy (non-hydrogen) atoms. The van der Waals surface area contributed by atoms with E-state index < -0.39 is 0 Å². The van der Waals surface area contributed by atoms with Crippen molar-refractivity contribution < 1.29 is 9.47 Å². The van der Waals surface area contributed by atoms with E-state index >= 15 is 0 Å². The van der Waals surface area contributed by atoms with Gasteiger partial charge in [0.05, 0.1) is 0 Å². The molecule has 0 heterocycles. The van der Waals surface area contributed by atoms with Crippen molar-refractivity contribution in [3.05, 3.63) is 0 Å². The largest absolute Gasteiger partial charge is 0.353 e. The molecule has 2 atom stereocenters. The van der Waals surface area contributed by atoms with Crippen LogP contribution in [0.3, 0.4) is 0 Å². The minimum atomic E-state index is -0.0494. The first-order chi connectivity index (χ1) is 7.65. The van der Waals surface area contributed by atoms with Crippen LogP contribution >= 0.6 is 0 Å². The van der Waals surface area contributed by atoms with Crippen molar-refractivity contribution in [2.75, 3.05) is 19.8 Å². The lowest BCUT2D eigenvalue weighted by Gasteiger charge is -2.22. The molecule has 0 aliphatic carbocycles. The van der Waals surface area contributed by atoms with Gasteiger partial charge in [-0.1, -0.05) is 20.3 Å². The third-order valence-electron chi connectivity index (χ3n) is 3.05. The van der Waals surface area contributed by atoms with Gasteiger partial charge in [-0.3, -0.25) is 0 Å². The van der Waals surface area contributed by atoms with Crippen LogP contribution in [0.25, 0.3) is 0 Å². The van der Waals surface area contributed by atoms with Crippen LogP contribution in [0.2, 0.25) is 0 Å². The van der Waals surface area contributed by atoms with Crippen LogP contribution in [0, 0.1) is 5.92 Å². The molecule has 0 aliphatic heterocycles. The van der Waals surface area contributed by atoms with Crippen molar-refractivity contribution in [1.29, 1.82) is 0 Å². The minimum Gasteiger partial charge on any atom is -0.353 e. The van der Waals surface area contributed by atoms with Crippen LogP contribution < -0.4 is 5.32 Å². The van der Waals surface area contributed by atoms with Crippen LogP contribution in [-0.2, 0) is 9.47 Å². The van der Waals surface area contributed by atoms with Crippen molar-refractivity contribution in [2.24, 2.45) is 5.92 Å². The lowest BCUT2D eigenvalue weighted by atomic mass is 10.0. The van der Waals surface area contributed by atoms with Crippen LogP contribution in [0.5, 0.6) is 0 Å². The maximum Gasteiger partial charge on any atom is 0.158 e. The second-order valence-electron chi connectivity index (χ2n) is 4.26. The molecular weight excluding hydrogens is 202 g/mol. The summed E-state index contributed by atoms with van der Waals surface area (Å²) in [4.78, 5) is 0. The molecule has 3 nitrogen and oxygen atoms in total. The highest BCUT2D eigenvalue weighted by Gasteiger charge is 2.11. The summed E-state index contributed by atoms with van der Waals surface area (Å²) in [7, 11) is 0. The normalized spacial score (nSPS) is 15.4. The first kappa shape index (κ1) is 15.9. The average molecular weight is 231 g/mol. The van der Waals surface area contributed by atoms with Gasteiger partial charge >= 0.3 is 0 Å². The molecule has 0 aliphatic rings. The molecule has 0 fully saturated rings. The van der Waals surface area contributed by atoms with Gasteiger partial charge in [0, 0.05) is 32.2 Å². The topological polar surface area (TPSA) is 30.5 Å². The number of ether oxygens (including phenoxy) is 2. The smallest absolute Gasteiger partial charge is 0.158 e. The van der Waals surface area contributed by atoms with E-state index in [0.717, 1.165) is 18.9 Å². The molecule has 0 spiro atoms. The maximum atomic E-state index is 5.49. The number of rotatable bonds is 10. The van der Waals surface area contributed by atoms with E-state index in [1.54, 1.807) is 0 Å². The molecule has 0 aromatic heterocycles. The van der Waals surface area contributed by atoms with Gasteiger partial charge < -0.3 is 14.8 Å². The van der Waals surface area contributed by atoms with Crippen molar-refractivity contribution in [3.8, 4) is 0 Å². The van der Waals surface area contributed by atoms with E-state index in [9.17, 15) is 0 Å². The Labute approximate surface area is 101 Å². The van der Waals surface area contributed by atoms with Gasteiger partial charge in [-0.05, 0) is 26.7 Å². The molecule has 1 N–H and O–H groups in total. The zero-order valence-corrected chi connectivity index (χ0v) is 11.6. The Hall–Kier alpha value is -0.120. The van der Waals surface area contributed by atoms with Crippen molar-refractivity contribution in [3.63, 3.8) is 0 Å². The van der Waals surface area contributed by atoms with E-state index in [4.69, 9.17) is 9.47 Å². The minimum absolute atomic E-state index is 0.0494. The first-order valence-corrected chi connectivity index (χ1v) is 6.62.